The van der Waals surface area contributed by atoms with E-state index >= 15 is 4.39 Å². The standard InChI is InChI=1S/C24H21FN4O3/c1-28-12-19-17(6-7-22(32-3)23(19)27-28)14-4-5-15(20(25)8-14)11-29-13-21-18(24(29)30)9-16(31-2)10-26-21/h4-10,12H,11,13H2,1-3H3/i2D3,13D2. The van der Waals surface area contributed by atoms with Gasteiger partial charge in [0.1, 0.15) is 22.8 Å². The van der Waals surface area contributed by atoms with Crippen LogP contribution in [0.15, 0.2) is 48.8 Å². The van der Waals surface area contributed by atoms with Crippen LogP contribution in [0.25, 0.3) is 22.0 Å². The van der Waals surface area contributed by atoms with Gasteiger partial charge in [0, 0.05) is 30.7 Å². The predicted molar refractivity (Wildman–Crippen MR) is 117 cm³/mol. The molecule has 1 aliphatic rings. The molecule has 0 unspecified atom stereocenters. The third-order valence-corrected chi connectivity index (χ3v) is 5.36. The molecule has 4 aromatic rings. The van der Waals surface area contributed by atoms with E-state index < -0.39 is 25.3 Å². The lowest BCUT2D eigenvalue weighted by atomic mass is 9.99. The van der Waals surface area contributed by atoms with Gasteiger partial charge in [-0.25, -0.2) is 4.39 Å². The summed E-state index contributed by atoms with van der Waals surface area (Å²) in [6.07, 6.45) is 2.86. The molecule has 7 nitrogen and oxygen atoms in total. The lowest BCUT2D eigenvalue weighted by molar-refractivity contribution is 0.0764. The van der Waals surface area contributed by atoms with Crippen molar-refractivity contribution < 1.29 is 25.5 Å². The Hall–Kier alpha value is -3.94. The highest BCUT2D eigenvalue weighted by Gasteiger charge is 2.29. The van der Waals surface area contributed by atoms with Gasteiger partial charge in [0.2, 0.25) is 0 Å². The van der Waals surface area contributed by atoms with Crippen LogP contribution in [0.2, 0.25) is 0 Å². The van der Waals surface area contributed by atoms with Gasteiger partial charge in [0.25, 0.3) is 5.91 Å². The maximum Gasteiger partial charge on any atom is 0.256 e. The Morgan fingerprint density at radius 3 is 2.88 bits per heavy atom. The molecule has 5 rings (SSSR count). The highest BCUT2D eigenvalue weighted by molar-refractivity contribution is 5.98. The number of hydrogen-bond donors (Lipinski definition) is 0. The summed E-state index contributed by atoms with van der Waals surface area (Å²) in [6.45, 7) is -2.71. The minimum atomic E-state index is -2.76. The Labute approximate surface area is 191 Å². The van der Waals surface area contributed by atoms with Crippen molar-refractivity contribution in [3.8, 4) is 22.6 Å². The number of carbonyl (C=O) groups is 1. The van der Waals surface area contributed by atoms with Crippen LogP contribution in [0.3, 0.4) is 0 Å². The molecular formula is C24H21FN4O3. The second kappa shape index (κ2) is 7.64. The molecule has 162 valence electrons. The predicted octanol–water partition coefficient (Wildman–Crippen LogP) is 3.95. The molecule has 0 fully saturated rings. The second-order valence-electron chi connectivity index (χ2n) is 7.36. The Bertz CT molecular complexity index is 1550. The van der Waals surface area contributed by atoms with Gasteiger partial charge in [-0.15, -0.1) is 0 Å². The number of ether oxygens (including phenoxy) is 2. The molecule has 0 radical (unpaired) electrons. The summed E-state index contributed by atoms with van der Waals surface area (Å²) in [6, 6.07) is 9.21. The number of carbonyl (C=O) groups excluding carboxylic acids is 1. The summed E-state index contributed by atoms with van der Waals surface area (Å²) in [5.41, 5.74) is 1.72. The summed E-state index contributed by atoms with van der Waals surface area (Å²) in [7, 11) is 0.566. The Morgan fingerprint density at radius 1 is 1.22 bits per heavy atom. The van der Waals surface area contributed by atoms with E-state index in [1.807, 2.05) is 6.20 Å². The fourth-order valence-corrected chi connectivity index (χ4v) is 3.81. The summed E-state index contributed by atoms with van der Waals surface area (Å²) in [5.74, 6) is -0.975. The topological polar surface area (TPSA) is 69.5 Å². The molecule has 0 N–H and O–H groups in total. The zero-order valence-electron chi connectivity index (χ0n) is 22.2. The van der Waals surface area contributed by atoms with Crippen molar-refractivity contribution in [2.75, 3.05) is 14.1 Å². The number of amides is 1. The molecule has 0 bridgehead atoms. The molecule has 0 atom stereocenters. The molecule has 1 aliphatic heterocycles. The molecule has 1 amide bonds. The van der Waals surface area contributed by atoms with Crippen LogP contribution < -0.4 is 9.47 Å². The number of benzene rings is 2. The first-order valence-corrected chi connectivity index (χ1v) is 9.69. The molecule has 32 heavy (non-hydrogen) atoms. The third kappa shape index (κ3) is 3.24. The minimum Gasteiger partial charge on any atom is -0.495 e. The molecule has 0 saturated heterocycles. The van der Waals surface area contributed by atoms with E-state index in [1.165, 1.54) is 12.1 Å². The number of pyridine rings is 1. The lowest BCUT2D eigenvalue weighted by Crippen LogP contribution is -2.23. The van der Waals surface area contributed by atoms with Crippen LogP contribution in [-0.4, -0.2) is 39.7 Å². The van der Waals surface area contributed by atoms with Gasteiger partial charge in [0.15, 0.2) is 0 Å². The van der Waals surface area contributed by atoms with Crippen molar-refractivity contribution in [1.29, 1.82) is 0 Å². The number of rotatable bonds is 5. The second-order valence-corrected chi connectivity index (χ2v) is 7.36. The average Bonchev–Trinajstić information content (AvgIpc) is 3.29. The SMILES string of the molecule is [2H]C([2H])([2H])Oc1cnc2c(c1)C(=O)N(Cc1ccc(-c3ccc(OC)c4nn(C)cc34)cc1F)C2([2H])[2H]. The first-order valence-electron chi connectivity index (χ1n) is 12.2. The molecule has 3 heterocycles. The van der Waals surface area contributed by atoms with E-state index in [1.54, 1.807) is 37.0 Å². The largest absolute Gasteiger partial charge is 0.495 e. The van der Waals surface area contributed by atoms with Crippen LogP contribution in [0, 0.1) is 5.82 Å². The first-order chi connectivity index (χ1) is 17.4. The van der Waals surface area contributed by atoms with Crippen molar-refractivity contribution in [2.24, 2.45) is 7.05 Å². The summed E-state index contributed by atoms with van der Waals surface area (Å²) >= 11 is 0. The summed E-state index contributed by atoms with van der Waals surface area (Å²) in [5, 5.41) is 5.19. The Morgan fingerprint density at radius 2 is 2.09 bits per heavy atom. The maximum atomic E-state index is 15.3. The van der Waals surface area contributed by atoms with Gasteiger partial charge >= 0.3 is 0 Å². The summed E-state index contributed by atoms with van der Waals surface area (Å²) < 4.78 is 65.6. The average molecular weight is 437 g/mol. The highest BCUT2D eigenvalue weighted by Crippen LogP contribution is 2.34. The molecular weight excluding hydrogens is 411 g/mol. The van der Waals surface area contributed by atoms with E-state index in [0.717, 1.165) is 28.1 Å². The van der Waals surface area contributed by atoms with Gasteiger partial charge in [-0.1, -0.05) is 12.1 Å². The fourth-order valence-electron chi connectivity index (χ4n) is 3.81. The number of halogens is 1. The van der Waals surface area contributed by atoms with Crippen LogP contribution >= 0.6 is 0 Å². The van der Waals surface area contributed by atoms with E-state index in [-0.39, 0.29) is 29.1 Å². The van der Waals surface area contributed by atoms with Crippen LogP contribution in [0.5, 0.6) is 11.5 Å². The third-order valence-electron chi connectivity index (χ3n) is 5.36. The number of hydrogen-bond acceptors (Lipinski definition) is 5. The minimum absolute atomic E-state index is 0.101. The van der Waals surface area contributed by atoms with Gasteiger partial charge < -0.3 is 14.4 Å². The van der Waals surface area contributed by atoms with Crippen LogP contribution in [0.1, 0.15) is 28.5 Å². The summed E-state index contributed by atoms with van der Waals surface area (Å²) in [4.78, 5) is 17.8. The lowest BCUT2D eigenvalue weighted by Gasteiger charge is -2.16. The zero-order chi connectivity index (χ0) is 26.7. The normalized spacial score (nSPS) is 17.3. The smallest absolute Gasteiger partial charge is 0.256 e. The van der Waals surface area contributed by atoms with Gasteiger partial charge in [-0.3, -0.25) is 14.5 Å². The van der Waals surface area contributed by atoms with Crippen LogP contribution in [-0.2, 0) is 20.1 Å². The van der Waals surface area contributed by atoms with Crippen molar-refractivity contribution in [3.05, 3.63) is 71.4 Å². The van der Waals surface area contributed by atoms with Crippen molar-refractivity contribution in [2.45, 2.75) is 13.0 Å². The molecule has 0 spiro atoms. The van der Waals surface area contributed by atoms with E-state index in [0.29, 0.717) is 16.8 Å². The number of methoxy groups -OCH3 is 2. The number of nitrogens with zero attached hydrogens (tertiary/aromatic N) is 4. The maximum absolute atomic E-state index is 15.3. The zero-order valence-corrected chi connectivity index (χ0v) is 17.2. The molecule has 0 aliphatic carbocycles. The first kappa shape index (κ1) is 15.0. The van der Waals surface area contributed by atoms with Gasteiger partial charge in [-0.2, -0.15) is 5.10 Å². The quantitative estimate of drug-likeness (QED) is 0.473. The Kier molecular flexibility index (Phi) is 3.57. The van der Waals surface area contributed by atoms with Gasteiger partial charge in [0.05, 0.1) is 45.0 Å². The highest BCUT2D eigenvalue weighted by atomic mass is 19.1. The molecule has 2 aromatic carbocycles. The molecule has 2 aromatic heterocycles. The molecule has 0 saturated carbocycles. The van der Waals surface area contributed by atoms with Crippen LogP contribution in [0.4, 0.5) is 4.39 Å². The van der Waals surface area contributed by atoms with Crippen molar-refractivity contribution in [1.82, 2.24) is 19.7 Å². The van der Waals surface area contributed by atoms with Crippen molar-refractivity contribution >= 4 is 16.8 Å². The van der Waals surface area contributed by atoms with Gasteiger partial charge in [-0.05, 0) is 35.4 Å². The van der Waals surface area contributed by atoms with Crippen molar-refractivity contribution in [3.63, 3.8) is 0 Å². The van der Waals surface area contributed by atoms with E-state index in [2.05, 4.69) is 10.1 Å². The number of aryl methyl sites for hydroxylation is 1. The number of fused-ring (bicyclic) bond motifs is 2. The monoisotopic (exact) mass is 437 g/mol. The number of aromatic nitrogens is 3. The van der Waals surface area contributed by atoms with E-state index in [9.17, 15) is 4.79 Å². The van der Waals surface area contributed by atoms with E-state index in [4.69, 9.17) is 16.3 Å². The fraction of sp³-hybridized carbons (Fsp3) is 0.208. The molecule has 8 heteroatoms. The Balaban J connectivity index is 1.46.